The van der Waals surface area contributed by atoms with Crippen molar-refractivity contribution in [2.75, 3.05) is 19.6 Å². The SMILES string of the molecule is O=C(NCC1CCNC1)c1c[nH]c2ccccc12. The number of aromatic nitrogens is 1. The summed E-state index contributed by atoms with van der Waals surface area (Å²) in [5.74, 6) is 0.582. The Bertz CT molecular complexity index is 555. The lowest BCUT2D eigenvalue weighted by atomic mass is 10.1. The minimum atomic E-state index is 0.0133. The van der Waals surface area contributed by atoms with Crippen molar-refractivity contribution in [3.8, 4) is 0 Å². The number of para-hydroxylation sites is 1. The summed E-state index contributed by atoms with van der Waals surface area (Å²) in [6.07, 6.45) is 2.93. The van der Waals surface area contributed by atoms with Gasteiger partial charge in [-0.3, -0.25) is 4.79 Å². The van der Waals surface area contributed by atoms with Gasteiger partial charge in [-0.05, 0) is 31.5 Å². The lowest BCUT2D eigenvalue weighted by Gasteiger charge is -2.09. The largest absolute Gasteiger partial charge is 0.360 e. The van der Waals surface area contributed by atoms with Gasteiger partial charge in [-0.2, -0.15) is 0 Å². The van der Waals surface area contributed by atoms with Crippen LogP contribution in [-0.4, -0.2) is 30.5 Å². The van der Waals surface area contributed by atoms with Crippen molar-refractivity contribution in [2.24, 2.45) is 5.92 Å². The fourth-order valence-electron chi connectivity index (χ4n) is 2.48. The van der Waals surface area contributed by atoms with Crippen molar-refractivity contribution in [1.82, 2.24) is 15.6 Å². The first-order valence-corrected chi connectivity index (χ1v) is 6.39. The quantitative estimate of drug-likeness (QED) is 0.765. The highest BCUT2D eigenvalue weighted by Gasteiger charge is 2.17. The van der Waals surface area contributed by atoms with Crippen LogP contribution >= 0.6 is 0 Å². The zero-order valence-corrected chi connectivity index (χ0v) is 10.2. The second-order valence-corrected chi connectivity index (χ2v) is 4.82. The number of rotatable bonds is 3. The van der Waals surface area contributed by atoms with E-state index in [0.29, 0.717) is 5.92 Å². The third-order valence-electron chi connectivity index (χ3n) is 3.55. The topological polar surface area (TPSA) is 56.9 Å². The molecule has 1 fully saturated rings. The summed E-state index contributed by atoms with van der Waals surface area (Å²) in [5, 5.41) is 7.31. The predicted octanol–water partition coefficient (Wildman–Crippen LogP) is 1.51. The van der Waals surface area contributed by atoms with E-state index in [0.717, 1.165) is 42.5 Å². The molecule has 1 aliphatic heterocycles. The number of hydrogen-bond acceptors (Lipinski definition) is 2. The van der Waals surface area contributed by atoms with Crippen LogP contribution in [0.25, 0.3) is 10.9 Å². The van der Waals surface area contributed by atoms with E-state index in [9.17, 15) is 4.79 Å². The molecule has 1 atom stereocenters. The highest BCUT2D eigenvalue weighted by Crippen LogP contribution is 2.17. The highest BCUT2D eigenvalue weighted by atomic mass is 16.1. The van der Waals surface area contributed by atoms with Gasteiger partial charge in [-0.1, -0.05) is 18.2 Å². The molecule has 4 heteroatoms. The molecule has 94 valence electrons. The lowest BCUT2D eigenvalue weighted by Crippen LogP contribution is -2.30. The Morgan fingerprint density at radius 2 is 2.28 bits per heavy atom. The Hall–Kier alpha value is -1.81. The van der Waals surface area contributed by atoms with Crippen LogP contribution in [0.4, 0.5) is 0 Å². The molecule has 2 aromatic rings. The van der Waals surface area contributed by atoms with Crippen LogP contribution in [0.3, 0.4) is 0 Å². The second kappa shape index (κ2) is 4.82. The van der Waals surface area contributed by atoms with Crippen molar-refractivity contribution in [3.63, 3.8) is 0 Å². The zero-order chi connectivity index (χ0) is 12.4. The van der Waals surface area contributed by atoms with Gasteiger partial charge in [0.05, 0.1) is 5.56 Å². The summed E-state index contributed by atoms with van der Waals surface area (Å²) >= 11 is 0. The Balaban J connectivity index is 1.71. The van der Waals surface area contributed by atoms with Crippen LogP contribution in [0, 0.1) is 5.92 Å². The van der Waals surface area contributed by atoms with Gasteiger partial charge in [-0.25, -0.2) is 0 Å². The van der Waals surface area contributed by atoms with Crippen molar-refractivity contribution in [1.29, 1.82) is 0 Å². The molecule has 0 saturated carbocycles. The average molecular weight is 243 g/mol. The van der Waals surface area contributed by atoms with E-state index in [4.69, 9.17) is 0 Å². The standard InChI is InChI=1S/C14H17N3O/c18-14(17-8-10-5-6-15-7-10)12-9-16-13-4-2-1-3-11(12)13/h1-4,9-10,15-16H,5-8H2,(H,17,18). The summed E-state index contributed by atoms with van der Waals surface area (Å²) in [7, 11) is 0. The molecule has 1 aromatic heterocycles. The van der Waals surface area contributed by atoms with Gasteiger partial charge in [-0.15, -0.1) is 0 Å². The number of benzene rings is 1. The molecular weight excluding hydrogens is 226 g/mol. The van der Waals surface area contributed by atoms with Gasteiger partial charge in [0.1, 0.15) is 0 Å². The molecule has 1 aromatic carbocycles. The lowest BCUT2D eigenvalue weighted by molar-refractivity contribution is 0.0950. The van der Waals surface area contributed by atoms with E-state index in [-0.39, 0.29) is 5.91 Å². The summed E-state index contributed by atoms with van der Waals surface area (Å²) in [6, 6.07) is 7.86. The van der Waals surface area contributed by atoms with E-state index < -0.39 is 0 Å². The summed E-state index contributed by atoms with van der Waals surface area (Å²) in [6.45, 7) is 2.83. The molecule has 3 rings (SSSR count). The van der Waals surface area contributed by atoms with Gasteiger partial charge in [0.15, 0.2) is 0 Å². The maximum absolute atomic E-state index is 12.1. The molecule has 0 spiro atoms. The van der Waals surface area contributed by atoms with Crippen LogP contribution in [0.5, 0.6) is 0 Å². The molecule has 1 amide bonds. The van der Waals surface area contributed by atoms with Gasteiger partial charge >= 0.3 is 0 Å². The molecular formula is C14H17N3O. The summed E-state index contributed by atoms with van der Waals surface area (Å²) in [5.41, 5.74) is 1.74. The normalized spacial score (nSPS) is 19.2. The monoisotopic (exact) mass is 243 g/mol. The average Bonchev–Trinajstić information content (AvgIpc) is 3.05. The van der Waals surface area contributed by atoms with Crippen molar-refractivity contribution in [2.45, 2.75) is 6.42 Å². The number of H-pyrrole nitrogens is 1. The first kappa shape index (κ1) is 11.3. The number of amides is 1. The van der Waals surface area contributed by atoms with Gasteiger partial charge in [0, 0.05) is 23.6 Å². The minimum Gasteiger partial charge on any atom is -0.360 e. The smallest absolute Gasteiger partial charge is 0.253 e. The minimum absolute atomic E-state index is 0.0133. The molecule has 18 heavy (non-hydrogen) atoms. The fourth-order valence-corrected chi connectivity index (χ4v) is 2.48. The van der Waals surface area contributed by atoms with E-state index in [1.165, 1.54) is 0 Å². The van der Waals surface area contributed by atoms with Crippen LogP contribution < -0.4 is 10.6 Å². The van der Waals surface area contributed by atoms with Gasteiger partial charge < -0.3 is 15.6 Å². The number of carbonyl (C=O) groups excluding carboxylic acids is 1. The second-order valence-electron chi connectivity index (χ2n) is 4.82. The van der Waals surface area contributed by atoms with Crippen molar-refractivity contribution in [3.05, 3.63) is 36.0 Å². The highest BCUT2D eigenvalue weighted by molar-refractivity contribution is 6.06. The fraction of sp³-hybridized carbons (Fsp3) is 0.357. The number of hydrogen-bond donors (Lipinski definition) is 3. The molecule has 4 nitrogen and oxygen atoms in total. The van der Waals surface area contributed by atoms with E-state index in [2.05, 4.69) is 15.6 Å². The van der Waals surface area contributed by atoms with Crippen LogP contribution in [0.15, 0.2) is 30.5 Å². The van der Waals surface area contributed by atoms with Crippen molar-refractivity contribution < 1.29 is 4.79 Å². The molecule has 0 bridgehead atoms. The van der Waals surface area contributed by atoms with Crippen LogP contribution in [0.1, 0.15) is 16.8 Å². The zero-order valence-electron chi connectivity index (χ0n) is 10.2. The molecule has 1 unspecified atom stereocenters. The Morgan fingerprint density at radius 1 is 1.39 bits per heavy atom. The Morgan fingerprint density at radius 3 is 3.11 bits per heavy atom. The van der Waals surface area contributed by atoms with E-state index >= 15 is 0 Å². The number of nitrogens with one attached hydrogen (secondary N) is 3. The molecule has 3 N–H and O–H groups in total. The molecule has 0 radical (unpaired) electrons. The van der Waals surface area contributed by atoms with Gasteiger partial charge in [0.25, 0.3) is 5.91 Å². The number of aromatic amines is 1. The first-order chi connectivity index (χ1) is 8.84. The summed E-state index contributed by atoms with van der Waals surface area (Å²) < 4.78 is 0. The molecule has 1 saturated heterocycles. The molecule has 2 heterocycles. The predicted molar refractivity (Wildman–Crippen MR) is 71.6 cm³/mol. The van der Waals surface area contributed by atoms with Crippen LogP contribution in [0.2, 0.25) is 0 Å². The van der Waals surface area contributed by atoms with Crippen LogP contribution in [-0.2, 0) is 0 Å². The van der Waals surface area contributed by atoms with E-state index in [1.54, 1.807) is 6.20 Å². The summed E-state index contributed by atoms with van der Waals surface area (Å²) in [4.78, 5) is 15.2. The third kappa shape index (κ3) is 2.11. The maximum Gasteiger partial charge on any atom is 0.253 e. The maximum atomic E-state index is 12.1. The molecule has 0 aliphatic carbocycles. The Labute approximate surface area is 106 Å². The number of fused-ring (bicyclic) bond motifs is 1. The third-order valence-corrected chi connectivity index (χ3v) is 3.55. The van der Waals surface area contributed by atoms with Crippen molar-refractivity contribution >= 4 is 16.8 Å². The molecule has 1 aliphatic rings. The van der Waals surface area contributed by atoms with Gasteiger partial charge in [0.2, 0.25) is 0 Å². The number of carbonyl (C=O) groups is 1. The Kier molecular flexibility index (Phi) is 3.02. The van der Waals surface area contributed by atoms with E-state index in [1.807, 2.05) is 24.3 Å². The first-order valence-electron chi connectivity index (χ1n) is 6.39.